The average molecular weight is 265 g/mol. The Morgan fingerprint density at radius 2 is 2.32 bits per heavy atom. The molecular weight excluding hydrogens is 238 g/mol. The first-order valence-corrected chi connectivity index (χ1v) is 7.18. The number of nitrogens with zero attached hydrogens (tertiary/aromatic N) is 2. The maximum atomic E-state index is 5.83. The lowest BCUT2D eigenvalue weighted by Gasteiger charge is -2.19. The SMILES string of the molecule is CNCc1cc(CN(C)CC2CCN(C)C2)oc1C. The van der Waals surface area contributed by atoms with Crippen LogP contribution in [0.15, 0.2) is 10.5 Å². The summed E-state index contributed by atoms with van der Waals surface area (Å²) in [4.78, 5) is 4.80. The van der Waals surface area contributed by atoms with Gasteiger partial charge in [-0.3, -0.25) is 4.90 Å². The van der Waals surface area contributed by atoms with Crippen LogP contribution in [0.25, 0.3) is 0 Å². The molecule has 0 bridgehead atoms. The summed E-state index contributed by atoms with van der Waals surface area (Å²) in [6, 6.07) is 2.18. The number of hydrogen-bond acceptors (Lipinski definition) is 4. The van der Waals surface area contributed by atoms with Crippen LogP contribution in [0.2, 0.25) is 0 Å². The topological polar surface area (TPSA) is 31.6 Å². The van der Waals surface area contributed by atoms with E-state index in [4.69, 9.17) is 4.42 Å². The normalized spacial score (nSPS) is 20.6. The van der Waals surface area contributed by atoms with Crippen molar-refractivity contribution in [1.29, 1.82) is 0 Å². The summed E-state index contributed by atoms with van der Waals surface area (Å²) in [6.45, 7) is 7.46. The second kappa shape index (κ2) is 6.55. The molecule has 108 valence electrons. The molecule has 2 heterocycles. The standard InChI is InChI=1S/C15H27N3O/c1-12-14(8-16-2)7-15(19-12)11-18(4)10-13-5-6-17(3)9-13/h7,13,16H,5-6,8-11H2,1-4H3. The van der Waals surface area contributed by atoms with Crippen molar-refractivity contribution in [2.24, 2.45) is 5.92 Å². The highest BCUT2D eigenvalue weighted by Crippen LogP contribution is 2.19. The zero-order valence-electron chi connectivity index (χ0n) is 12.7. The number of rotatable bonds is 6. The van der Waals surface area contributed by atoms with Gasteiger partial charge in [0, 0.05) is 25.2 Å². The molecule has 19 heavy (non-hydrogen) atoms. The molecule has 0 spiro atoms. The van der Waals surface area contributed by atoms with Crippen LogP contribution in [-0.2, 0) is 13.1 Å². The minimum atomic E-state index is 0.808. The van der Waals surface area contributed by atoms with Crippen LogP contribution in [-0.4, -0.2) is 50.6 Å². The molecule has 1 aliphatic heterocycles. The van der Waals surface area contributed by atoms with Gasteiger partial charge in [0.05, 0.1) is 6.54 Å². The molecule has 1 fully saturated rings. The van der Waals surface area contributed by atoms with E-state index in [-0.39, 0.29) is 0 Å². The van der Waals surface area contributed by atoms with Gasteiger partial charge in [0.2, 0.25) is 0 Å². The summed E-state index contributed by atoms with van der Waals surface area (Å²) in [5.74, 6) is 2.93. The van der Waals surface area contributed by atoms with Crippen molar-refractivity contribution in [1.82, 2.24) is 15.1 Å². The van der Waals surface area contributed by atoms with Gasteiger partial charge in [-0.1, -0.05) is 0 Å². The number of aryl methyl sites for hydroxylation is 1. The van der Waals surface area contributed by atoms with Gasteiger partial charge in [0.25, 0.3) is 0 Å². The fraction of sp³-hybridized carbons (Fsp3) is 0.733. The van der Waals surface area contributed by atoms with Gasteiger partial charge in [-0.15, -0.1) is 0 Å². The Bertz CT molecular complexity index is 402. The van der Waals surface area contributed by atoms with E-state index in [9.17, 15) is 0 Å². The monoisotopic (exact) mass is 265 g/mol. The Morgan fingerprint density at radius 1 is 1.53 bits per heavy atom. The summed E-state index contributed by atoms with van der Waals surface area (Å²) in [7, 11) is 6.36. The van der Waals surface area contributed by atoms with Crippen molar-refractivity contribution in [2.75, 3.05) is 40.8 Å². The summed E-state index contributed by atoms with van der Waals surface area (Å²) in [5.41, 5.74) is 1.27. The highest BCUT2D eigenvalue weighted by atomic mass is 16.3. The van der Waals surface area contributed by atoms with Gasteiger partial charge >= 0.3 is 0 Å². The van der Waals surface area contributed by atoms with Gasteiger partial charge in [-0.25, -0.2) is 0 Å². The lowest BCUT2D eigenvalue weighted by Crippen LogP contribution is -2.26. The van der Waals surface area contributed by atoms with E-state index < -0.39 is 0 Å². The Kier molecular flexibility index (Phi) is 5.02. The van der Waals surface area contributed by atoms with Crippen LogP contribution in [0.4, 0.5) is 0 Å². The fourth-order valence-electron chi connectivity index (χ4n) is 2.98. The van der Waals surface area contributed by atoms with Crippen LogP contribution in [0.5, 0.6) is 0 Å². The zero-order chi connectivity index (χ0) is 13.8. The molecular formula is C15H27N3O. The van der Waals surface area contributed by atoms with Crippen molar-refractivity contribution in [3.8, 4) is 0 Å². The number of likely N-dealkylation sites (tertiary alicyclic amines) is 1. The maximum absolute atomic E-state index is 5.83. The third-order valence-corrected chi connectivity index (χ3v) is 3.92. The largest absolute Gasteiger partial charge is 0.465 e. The third-order valence-electron chi connectivity index (χ3n) is 3.92. The Labute approximate surface area is 116 Å². The molecule has 0 aliphatic carbocycles. The first-order chi connectivity index (χ1) is 9.08. The third kappa shape index (κ3) is 4.06. The van der Waals surface area contributed by atoms with E-state index in [1.807, 2.05) is 14.0 Å². The van der Waals surface area contributed by atoms with Crippen LogP contribution in [0, 0.1) is 12.8 Å². The van der Waals surface area contributed by atoms with Crippen molar-refractivity contribution in [2.45, 2.75) is 26.4 Å². The Hall–Kier alpha value is -0.840. The maximum Gasteiger partial charge on any atom is 0.118 e. The lowest BCUT2D eigenvalue weighted by atomic mass is 10.1. The first-order valence-electron chi connectivity index (χ1n) is 7.18. The smallest absolute Gasteiger partial charge is 0.118 e. The molecule has 0 amide bonds. The van der Waals surface area contributed by atoms with E-state index in [1.165, 1.54) is 25.1 Å². The second-order valence-electron chi connectivity index (χ2n) is 5.94. The van der Waals surface area contributed by atoms with E-state index in [0.29, 0.717) is 0 Å². The number of hydrogen-bond donors (Lipinski definition) is 1. The van der Waals surface area contributed by atoms with Crippen molar-refractivity contribution in [3.05, 3.63) is 23.2 Å². The van der Waals surface area contributed by atoms with Gasteiger partial charge < -0.3 is 14.6 Å². The first kappa shape index (κ1) is 14.6. The summed E-state index contributed by atoms with van der Waals surface area (Å²) >= 11 is 0. The van der Waals surface area contributed by atoms with E-state index in [1.54, 1.807) is 0 Å². The van der Waals surface area contributed by atoms with Gasteiger partial charge in [-0.05, 0) is 53.0 Å². The minimum absolute atomic E-state index is 0.808. The van der Waals surface area contributed by atoms with E-state index in [0.717, 1.165) is 37.1 Å². The Morgan fingerprint density at radius 3 is 2.95 bits per heavy atom. The van der Waals surface area contributed by atoms with Gasteiger partial charge in [-0.2, -0.15) is 0 Å². The zero-order valence-corrected chi connectivity index (χ0v) is 12.7. The predicted octanol–water partition coefficient (Wildman–Crippen LogP) is 1.69. The van der Waals surface area contributed by atoms with Crippen molar-refractivity contribution >= 4 is 0 Å². The van der Waals surface area contributed by atoms with Crippen molar-refractivity contribution < 1.29 is 4.42 Å². The van der Waals surface area contributed by atoms with E-state index in [2.05, 4.69) is 35.3 Å². The summed E-state index contributed by atoms with van der Waals surface area (Å²) < 4.78 is 5.83. The van der Waals surface area contributed by atoms with E-state index >= 15 is 0 Å². The summed E-state index contributed by atoms with van der Waals surface area (Å²) in [5, 5.41) is 3.18. The number of furan rings is 1. The molecule has 1 atom stereocenters. The molecule has 4 nitrogen and oxygen atoms in total. The quantitative estimate of drug-likeness (QED) is 0.848. The Balaban J connectivity index is 1.84. The van der Waals surface area contributed by atoms with Crippen LogP contribution >= 0.6 is 0 Å². The number of nitrogens with one attached hydrogen (secondary N) is 1. The van der Waals surface area contributed by atoms with Gasteiger partial charge in [0.15, 0.2) is 0 Å². The molecule has 0 saturated carbocycles. The van der Waals surface area contributed by atoms with Crippen LogP contribution in [0.1, 0.15) is 23.5 Å². The highest BCUT2D eigenvalue weighted by Gasteiger charge is 2.21. The average Bonchev–Trinajstić information content (AvgIpc) is 2.87. The molecule has 0 aromatic carbocycles. The molecule has 1 saturated heterocycles. The molecule has 1 aliphatic rings. The highest BCUT2D eigenvalue weighted by molar-refractivity contribution is 5.20. The molecule has 1 aromatic rings. The molecule has 1 N–H and O–H groups in total. The summed E-state index contributed by atoms with van der Waals surface area (Å²) in [6.07, 6.45) is 1.32. The predicted molar refractivity (Wildman–Crippen MR) is 78.1 cm³/mol. The fourth-order valence-corrected chi connectivity index (χ4v) is 2.98. The molecule has 0 radical (unpaired) electrons. The molecule has 1 unspecified atom stereocenters. The molecule has 4 heteroatoms. The molecule has 1 aromatic heterocycles. The lowest BCUT2D eigenvalue weighted by molar-refractivity contribution is 0.247. The van der Waals surface area contributed by atoms with Crippen LogP contribution in [0.3, 0.4) is 0 Å². The minimum Gasteiger partial charge on any atom is -0.465 e. The van der Waals surface area contributed by atoms with Crippen molar-refractivity contribution in [3.63, 3.8) is 0 Å². The van der Waals surface area contributed by atoms with Crippen LogP contribution < -0.4 is 5.32 Å². The van der Waals surface area contributed by atoms with Gasteiger partial charge in [0.1, 0.15) is 11.5 Å². The molecule has 2 rings (SSSR count). The second-order valence-corrected chi connectivity index (χ2v) is 5.94.